The Morgan fingerprint density at radius 2 is 1.20 bits per heavy atom. The number of nitrogens with zero attached hydrogens (tertiary/aromatic N) is 3. The summed E-state index contributed by atoms with van der Waals surface area (Å²) in [6, 6.07) is 39.9. The smallest absolute Gasteiger partial charge is 0.147 e. The normalized spacial score (nSPS) is 14.1. The minimum Gasteiger partial charge on any atom is -0.328 e. The Balaban J connectivity index is 1.50. The molecule has 0 saturated carbocycles. The average Bonchev–Trinajstić information content (AvgIpc) is 3.60. The molecule has 0 radical (unpaired) electrons. The number of para-hydroxylation sites is 1. The molecule has 0 saturated heterocycles. The van der Waals surface area contributed by atoms with E-state index >= 15 is 0 Å². The Morgan fingerprint density at radius 3 is 2.08 bits per heavy atom. The molecule has 0 unspecified atom stereocenters. The molecule has 1 aliphatic carbocycles. The van der Waals surface area contributed by atoms with E-state index in [1.807, 2.05) is 0 Å². The van der Waals surface area contributed by atoms with Crippen molar-refractivity contribution in [3.63, 3.8) is 0 Å². The second kappa shape index (κ2) is 7.40. The lowest BCUT2D eigenvalue weighted by Crippen LogP contribution is -2.14. The Kier molecular flexibility index (Phi) is 4.06. The topological polar surface area (TPSA) is 22.2 Å². The predicted molar refractivity (Wildman–Crippen MR) is 167 cm³/mol. The zero-order chi connectivity index (χ0) is 26.7. The first-order chi connectivity index (χ1) is 19.6. The summed E-state index contributed by atoms with van der Waals surface area (Å²) >= 11 is 0. The van der Waals surface area contributed by atoms with E-state index in [0.29, 0.717) is 0 Å². The highest BCUT2D eigenvalue weighted by atomic mass is 15.1. The number of aryl methyl sites for hydroxylation is 1. The highest BCUT2D eigenvalue weighted by Crippen LogP contribution is 2.53. The van der Waals surface area contributed by atoms with Crippen LogP contribution in [-0.2, 0) is 12.5 Å². The fraction of sp³-hybridized carbons (Fsp3) is 0.108. The van der Waals surface area contributed by atoms with Gasteiger partial charge < -0.3 is 4.57 Å². The Labute approximate surface area is 231 Å². The molecule has 0 amide bonds. The van der Waals surface area contributed by atoms with E-state index < -0.39 is 0 Å². The minimum atomic E-state index is -0.0402. The first-order valence-electron chi connectivity index (χ1n) is 14.0. The number of hydrogen-bond acceptors (Lipinski definition) is 1. The molecule has 0 spiro atoms. The van der Waals surface area contributed by atoms with Crippen LogP contribution in [-0.4, -0.2) is 14.0 Å². The molecule has 9 rings (SSSR count). The second-order valence-electron chi connectivity index (χ2n) is 11.7. The molecule has 3 heterocycles. The first kappa shape index (κ1) is 22.0. The second-order valence-corrected chi connectivity index (χ2v) is 11.7. The monoisotopic (exact) mass is 513 g/mol. The van der Waals surface area contributed by atoms with Gasteiger partial charge in [-0.2, -0.15) is 0 Å². The van der Waals surface area contributed by atoms with Gasteiger partial charge in [-0.25, -0.2) is 4.98 Å². The largest absolute Gasteiger partial charge is 0.328 e. The van der Waals surface area contributed by atoms with Gasteiger partial charge in [0.05, 0.1) is 11.0 Å². The fourth-order valence-electron chi connectivity index (χ4n) is 7.50. The molecular weight excluding hydrogens is 486 g/mol. The van der Waals surface area contributed by atoms with Gasteiger partial charge >= 0.3 is 0 Å². The van der Waals surface area contributed by atoms with Gasteiger partial charge in [0.2, 0.25) is 0 Å². The van der Waals surface area contributed by atoms with Crippen molar-refractivity contribution in [2.45, 2.75) is 19.3 Å². The van der Waals surface area contributed by atoms with Crippen LogP contribution < -0.4 is 0 Å². The molecule has 0 aliphatic heterocycles. The third kappa shape index (κ3) is 2.53. The number of pyridine rings is 1. The molecule has 8 aromatic rings. The van der Waals surface area contributed by atoms with Gasteiger partial charge in [0.25, 0.3) is 0 Å². The molecule has 0 fully saturated rings. The van der Waals surface area contributed by atoms with E-state index in [1.54, 1.807) is 0 Å². The van der Waals surface area contributed by atoms with Crippen molar-refractivity contribution in [1.29, 1.82) is 0 Å². The molecular formula is C37H27N3. The average molecular weight is 514 g/mol. The van der Waals surface area contributed by atoms with Crippen LogP contribution in [0.2, 0.25) is 0 Å². The molecule has 0 N–H and O–H groups in total. The summed E-state index contributed by atoms with van der Waals surface area (Å²) in [5.41, 5.74) is 13.6. The Bertz CT molecular complexity index is 2360. The number of benzene rings is 5. The Morgan fingerprint density at radius 1 is 0.575 bits per heavy atom. The summed E-state index contributed by atoms with van der Waals surface area (Å²) in [5, 5.41) is 4.88. The summed E-state index contributed by atoms with van der Waals surface area (Å²) < 4.78 is 4.68. The summed E-state index contributed by atoms with van der Waals surface area (Å²) in [7, 11) is 2.16. The van der Waals surface area contributed by atoms with E-state index in [0.717, 1.165) is 16.8 Å². The highest BCUT2D eigenvalue weighted by Gasteiger charge is 2.36. The van der Waals surface area contributed by atoms with Crippen LogP contribution in [0.4, 0.5) is 0 Å². The summed E-state index contributed by atoms with van der Waals surface area (Å²) in [6.07, 6.45) is 0. The van der Waals surface area contributed by atoms with E-state index in [-0.39, 0.29) is 5.41 Å². The number of imidazole rings is 1. The van der Waals surface area contributed by atoms with E-state index in [1.165, 1.54) is 66.0 Å². The van der Waals surface area contributed by atoms with Crippen LogP contribution >= 0.6 is 0 Å². The van der Waals surface area contributed by atoms with Gasteiger partial charge in [-0.1, -0.05) is 111 Å². The quantitative estimate of drug-likeness (QED) is 0.201. The van der Waals surface area contributed by atoms with Crippen molar-refractivity contribution in [2.24, 2.45) is 7.05 Å². The number of rotatable bonds is 1. The van der Waals surface area contributed by atoms with Crippen molar-refractivity contribution in [1.82, 2.24) is 14.0 Å². The van der Waals surface area contributed by atoms with Crippen molar-refractivity contribution in [3.05, 3.63) is 120 Å². The van der Waals surface area contributed by atoms with E-state index in [9.17, 15) is 0 Å². The maximum Gasteiger partial charge on any atom is 0.147 e. The van der Waals surface area contributed by atoms with Crippen LogP contribution in [0, 0.1) is 0 Å². The van der Waals surface area contributed by atoms with Crippen LogP contribution in [0.25, 0.3) is 71.6 Å². The molecule has 5 aromatic carbocycles. The Hall–Kier alpha value is -4.89. The molecule has 0 atom stereocenters. The number of hydrogen-bond donors (Lipinski definition) is 0. The van der Waals surface area contributed by atoms with Gasteiger partial charge in [0, 0.05) is 28.6 Å². The van der Waals surface area contributed by atoms with Crippen LogP contribution in [0.5, 0.6) is 0 Å². The third-order valence-corrected chi connectivity index (χ3v) is 9.31. The van der Waals surface area contributed by atoms with E-state index in [4.69, 9.17) is 4.98 Å². The molecule has 1 aliphatic rings. The van der Waals surface area contributed by atoms with Gasteiger partial charge in [0.15, 0.2) is 0 Å². The van der Waals surface area contributed by atoms with Crippen LogP contribution in [0.3, 0.4) is 0 Å². The lowest BCUT2D eigenvalue weighted by molar-refractivity contribution is 0.660. The molecule has 3 aromatic heterocycles. The third-order valence-electron chi connectivity index (χ3n) is 9.31. The van der Waals surface area contributed by atoms with Gasteiger partial charge in [-0.05, 0) is 50.9 Å². The van der Waals surface area contributed by atoms with Crippen molar-refractivity contribution in [3.8, 4) is 22.3 Å². The molecule has 3 heteroatoms. The molecule has 190 valence electrons. The first-order valence-corrected chi connectivity index (χ1v) is 14.0. The van der Waals surface area contributed by atoms with Crippen molar-refractivity contribution >= 4 is 49.4 Å². The number of fused-ring (bicyclic) bond motifs is 13. The van der Waals surface area contributed by atoms with Crippen LogP contribution in [0.1, 0.15) is 25.0 Å². The standard InChI is InChI=1S/C37H27N3/c1-37(2)28-18-8-6-14-26(28)32-22(16-10-19-29(32)37)23-17-11-21-31-33(23)24-12-4-5-13-25(24)35-38-34-27-15-7-9-20-30(27)39(3)36(34)40(31)35/h4-21H,1-3H3. The summed E-state index contributed by atoms with van der Waals surface area (Å²) in [6.45, 7) is 4.71. The maximum atomic E-state index is 5.29. The minimum absolute atomic E-state index is 0.0402. The lowest BCUT2D eigenvalue weighted by Gasteiger charge is -2.22. The highest BCUT2D eigenvalue weighted by molar-refractivity contribution is 6.20. The van der Waals surface area contributed by atoms with Gasteiger partial charge in [-0.15, -0.1) is 0 Å². The van der Waals surface area contributed by atoms with Gasteiger partial charge in [0.1, 0.15) is 16.8 Å². The molecule has 3 nitrogen and oxygen atoms in total. The van der Waals surface area contributed by atoms with E-state index in [2.05, 4.69) is 139 Å². The number of aromatic nitrogens is 3. The zero-order valence-electron chi connectivity index (χ0n) is 22.7. The van der Waals surface area contributed by atoms with Crippen molar-refractivity contribution < 1.29 is 0 Å². The molecule has 40 heavy (non-hydrogen) atoms. The fourth-order valence-corrected chi connectivity index (χ4v) is 7.50. The summed E-state index contributed by atoms with van der Waals surface area (Å²) in [5.74, 6) is 0. The SMILES string of the molecule is Cn1c2ccccc2c2nc3c4ccccc4c4c(-c5cccc6c5-c5ccccc5C6(C)C)cccc4n3c21. The summed E-state index contributed by atoms with van der Waals surface area (Å²) in [4.78, 5) is 5.29. The van der Waals surface area contributed by atoms with Gasteiger partial charge in [-0.3, -0.25) is 4.40 Å². The van der Waals surface area contributed by atoms with Crippen molar-refractivity contribution in [2.75, 3.05) is 0 Å². The zero-order valence-corrected chi connectivity index (χ0v) is 22.7. The maximum absolute atomic E-state index is 5.29. The predicted octanol–water partition coefficient (Wildman–Crippen LogP) is 9.26. The van der Waals surface area contributed by atoms with Crippen LogP contribution in [0.15, 0.2) is 109 Å². The molecule has 0 bridgehead atoms. The lowest BCUT2D eigenvalue weighted by atomic mass is 9.82.